The number of carbonyl (C=O) groups excluding carboxylic acids is 1. The third-order valence-electron chi connectivity index (χ3n) is 4.25. The summed E-state index contributed by atoms with van der Waals surface area (Å²) in [5, 5.41) is 3.02. The molecule has 0 bridgehead atoms. The fourth-order valence-electron chi connectivity index (χ4n) is 2.63. The molecular weight excluding hydrogens is 298 g/mol. The van der Waals surface area contributed by atoms with Gasteiger partial charge in [-0.3, -0.25) is 4.79 Å². The van der Waals surface area contributed by atoms with Crippen molar-refractivity contribution in [1.82, 2.24) is 5.32 Å². The van der Waals surface area contributed by atoms with Crippen LogP contribution >= 0.6 is 0 Å². The summed E-state index contributed by atoms with van der Waals surface area (Å²) in [6.07, 6.45) is 0.477. The zero-order valence-electron chi connectivity index (χ0n) is 15.2. The van der Waals surface area contributed by atoms with Crippen LogP contribution < -0.4 is 10.1 Å². The van der Waals surface area contributed by atoms with E-state index in [0.29, 0.717) is 0 Å². The van der Waals surface area contributed by atoms with Crippen molar-refractivity contribution < 1.29 is 9.53 Å². The Balaban J connectivity index is 1.97. The molecule has 24 heavy (non-hydrogen) atoms. The molecule has 2 aromatic rings. The maximum atomic E-state index is 12.4. The molecule has 1 N–H and O–H groups in total. The first kappa shape index (κ1) is 18.1. The van der Waals surface area contributed by atoms with Crippen molar-refractivity contribution in [3.8, 4) is 5.75 Å². The molecule has 0 aromatic heterocycles. The molecule has 128 valence electrons. The number of benzene rings is 2. The maximum Gasteiger partial charge on any atom is 0.261 e. The zero-order valence-corrected chi connectivity index (χ0v) is 15.2. The molecule has 0 aliphatic carbocycles. The van der Waals surface area contributed by atoms with Crippen LogP contribution in [0.4, 0.5) is 0 Å². The van der Waals surface area contributed by atoms with Crippen LogP contribution in [0.15, 0.2) is 42.5 Å². The minimum atomic E-state index is -0.538. The summed E-state index contributed by atoms with van der Waals surface area (Å²) < 4.78 is 5.82. The van der Waals surface area contributed by atoms with Crippen molar-refractivity contribution in [1.29, 1.82) is 0 Å². The highest BCUT2D eigenvalue weighted by atomic mass is 16.5. The van der Waals surface area contributed by atoms with Gasteiger partial charge < -0.3 is 10.1 Å². The number of aryl methyl sites for hydroxylation is 3. The number of ether oxygens (including phenoxy) is 1. The van der Waals surface area contributed by atoms with E-state index >= 15 is 0 Å². The summed E-state index contributed by atoms with van der Waals surface area (Å²) in [6, 6.07) is 14.3. The van der Waals surface area contributed by atoms with E-state index in [0.717, 1.165) is 23.3 Å². The molecule has 0 saturated carbocycles. The second-order valence-electron chi connectivity index (χ2n) is 6.35. The number of hydrogen-bond donors (Lipinski definition) is 1. The molecule has 0 fully saturated rings. The van der Waals surface area contributed by atoms with Crippen molar-refractivity contribution >= 4 is 5.91 Å². The van der Waals surface area contributed by atoms with Gasteiger partial charge in [0.25, 0.3) is 5.91 Å². The molecule has 0 unspecified atom stereocenters. The fraction of sp³-hybridized carbons (Fsp3) is 0.381. The minimum absolute atomic E-state index is 0.0476. The van der Waals surface area contributed by atoms with E-state index in [4.69, 9.17) is 4.74 Å². The highest BCUT2D eigenvalue weighted by Crippen LogP contribution is 2.20. The molecule has 1 amide bonds. The van der Waals surface area contributed by atoms with Gasteiger partial charge in [0.15, 0.2) is 6.10 Å². The van der Waals surface area contributed by atoms with Crippen LogP contribution in [0, 0.1) is 13.8 Å². The summed E-state index contributed by atoms with van der Waals surface area (Å²) in [6.45, 7) is 9.93. The quantitative estimate of drug-likeness (QED) is 0.848. The van der Waals surface area contributed by atoms with Crippen molar-refractivity contribution in [3.05, 3.63) is 64.7 Å². The SMILES string of the molecule is CCc1ccc([C@H](C)NC(=O)[C@H](C)Oc2ccc(C)cc2C)cc1. The Bertz CT molecular complexity index is 691. The molecule has 0 heterocycles. The van der Waals surface area contributed by atoms with E-state index in [1.807, 2.05) is 32.9 Å². The molecule has 2 rings (SSSR count). The van der Waals surface area contributed by atoms with E-state index in [-0.39, 0.29) is 11.9 Å². The number of amides is 1. The summed E-state index contributed by atoms with van der Waals surface area (Å²) in [7, 11) is 0. The van der Waals surface area contributed by atoms with Gasteiger partial charge in [0, 0.05) is 0 Å². The molecule has 0 saturated heterocycles. The first-order valence-electron chi connectivity index (χ1n) is 8.53. The van der Waals surface area contributed by atoms with Gasteiger partial charge in [0.05, 0.1) is 6.04 Å². The van der Waals surface area contributed by atoms with E-state index in [1.165, 1.54) is 11.1 Å². The van der Waals surface area contributed by atoms with Gasteiger partial charge in [0.2, 0.25) is 0 Å². The first-order valence-corrected chi connectivity index (χ1v) is 8.53. The number of nitrogens with one attached hydrogen (secondary N) is 1. The van der Waals surface area contributed by atoms with Crippen molar-refractivity contribution in [2.45, 2.75) is 53.2 Å². The van der Waals surface area contributed by atoms with Gasteiger partial charge in [-0.2, -0.15) is 0 Å². The predicted octanol–water partition coefficient (Wildman–Crippen LogP) is 4.51. The van der Waals surface area contributed by atoms with Gasteiger partial charge in [0.1, 0.15) is 5.75 Å². The Morgan fingerprint density at radius 1 is 1.08 bits per heavy atom. The summed E-state index contributed by atoms with van der Waals surface area (Å²) >= 11 is 0. The van der Waals surface area contributed by atoms with Crippen LogP contribution in [0.1, 0.15) is 49.1 Å². The van der Waals surface area contributed by atoms with Crippen LogP contribution in [0.2, 0.25) is 0 Å². The molecule has 0 aliphatic heterocycles. The smallest absolute Gasteiger partial charge is 0.261 e. The summed E-state index contributed by atoms with van der Waals surface area (Å²) in [5.74, 6) is 0.644. The first-order chi connectivity index (χ1) is 11.4. The molecule has 0 aliphatic rings. The average molecular weight is 325 g/mol. The van der Waals surface area contributed by atoms with E-state index in [2.05, 4.69) is 42.6 Å². The Labute approximate surface area is 145 Å². The standard InChI is InChI=1S/C21H27NO2/c1-6-18-8-10-19(11-9-18)16(4)22-21(23)17(5)24-20-12-7-14(2)13-15(20)3/h7-13,16-17H,6H2,1-5H3,(H,22,23)/t16-,17-/m0/s1. The lowest BCUT2D eigenvalue weighted by molar-refractivity contribution is -0.127. The van der Waals surface area contributed by atoms with Crippen LogP contribution in [0.3, 0.4) is 0 Å². The van der Waals surface area contributed by atoms with E-state index in [9.17, 15) is 4.79 Å². The van der Waals surface area contributed by atoms with Gasteiger partial charge in [-0.25, -0.2) is 0 Å². The van der Waals surface area contributed by atoms with Crippen molar-refractivity contribution in [2.24, 2.45) is 0 Å². The van der Waals surface area contributed by atoms with Gasteiger partial charge >= 0.3 is 0 Å². The normalized spacial score (nSPS) is 13.2. The molecule has 0 spiro atoms. The lowest BCUT2D eigenvalue weighted by Gasteiger charge is -2.20. The van der Waals surface area contributed by atoms with E-state index < -0.39 is 6.10 Å². The van der Waals surface area contributed by atoms with Crippen molar-refractivity contribution in [2.75, 3.05) is 0 Å². The highest BCUT2D eigenvalue weighted by Gasteiger charge is 2.18. The largest absolute Gasteiger partial charge is 0.481 e. The lowest BCUT2D eigenvalue weighted by atomic mass is 10.0. The third kappa shape index (κ3) is 4.60. The highest BCUT2D eigenvalue weighted by molar-refractivity contribution is 5.81. The number of hydrogen-bond acceptors (Lipinski definition) is 2. The minimum Gasteiger partial charge on any atom is -0.481 e. The summed E-state index contributed by atoms with van der Waals surface area (Å²) in [4.78, 5) is 12.4. The second-order valence-corrected chi connectivity index (χ2v) is 6.35. The topological polar surface area (TPSA) is 38.3 Å². The van der Waals surface area contributed by atoms with Gasteiger partial charge in [-0.15, -0.1) is 0 Å². The Hall–Kier alpha value is -2.29. The Morgan fingerprint density at radius 3 is 2.33 bits per heavy atom. The van der Waals surface area contributed by atoms with Gasteiger partial charge in [-0.1, -0.05) is 48.9 Å². The monoisotopic (exact) mass is 325 g/mol. The maximum absolute atomic E-state index is 12.4. The fourth-order valence-corrected chi connectivity index (χ4v) is 2.63. The lowest BCUT2D eigenvalue weighted by Crippen LogP contribution is -2.37. The third-order valence-corrected chi connectivity index (χ3v) is 4.25. The average Bonchev–Trinajstić information content (AvgIpc) is 2.57. The molecule has 3 nitrogen and oxygen atoms in total. The second kappa shape index (κ2) is 8.00. The Morgan fingerprint density at radius 2 is 1.75 bits per heavy atom. The Kier molecular flexibility index (Phi) is 6.02. The molecule has 2 aromatic carbocycles. The van der Waals surface area contributed by atoms with Crippen LogP contribution in [0.5, 0.6) is 5.75 Å². The van der Waals surface area contributed by atoms with Crippen molar-refractivity contribution in [3.63, 3.8) is 0 Å². The number of carbonyl (C=O) groups is 1. The van der Waals surface area contributed by atoms with Crippen LogP contribution in [-0.4, -0.2) is 12.0 Å². The zero-order chi connectivity index (χ0) is 17.7. The van der Waals surface area contributed by atoms with Crippen LogP contribution in [-0.2, 0) is 11.2 Å². The number of rotatable bonds is 6. The predicted molar refractivity (Wildman–Crippen MR) is 98.4 cm³/mol. The molecule has 3 heteroatoms. The van der Waals surface area contributed by atoms with E-state index in [1.54, 1.807) is 6.92 Å². The molecule has 0 radical (unpaired) electrons. The van der Waals surface area contributed by atoms with Gasteiger partial charge in [-0.05, 0) is 56.9 Å². The summed E-state index contributed by atoms with van der Waals surface area (Å²) in [5.41, 5.74) is 4.61. The molecule has 2 atom stereocenters. The molecular formula is C21H27NO2. The van der Waals surface area contributed by atoms with Crippen LogP contribution in [0.25, 0.3) is 0 Å².